The number of hydrogen-bond donors (Lipinski definition) is 4. The number of Topliss-reactive ketones (excluding diaryl/α,β-unsaturated/α-hetero) is 1. The van der Waals surface area contributed by atoms with Crippen molar-refractivity contribution in [2.75, 3.05) is 6.54 Å². The molecular formula is C18H22N2O6. The summed E-state index contributed by atoms with van der Waals surface area (Å²) in [5.41, 5.74) is 5.70. The summed E-state index contributed by atoms with van der Waals surface area (Å²) in [7, 11) is 0. The van der Waals surface area contributed by atoms with Crippen LogP contribution < -0.4 is 15.8 Å². The van der Waals surface area contributed by atoms with Gasteiger partial charge in [-0.2, -0.15) is 0 Å². The molecule has 0 heterocycles. The lowest BCUT2D eigenvalue weighted by atomic mass is 9.91. The molecule has 0 bridgehead atoms. The van der Waals surface area contributed by atoms with Crippen LogP contribution in [0.3, 0.4) is 0 Å². The number of nitrogens with one attached hydrogen (secondary N) is 1. The molecule has 26 heavy (non-hydrogen) atoms. The number of nitrogens with two attached hydrogens (primary N) is 1. The van der Waals surface area contributed by atoms with Crippen molar-refractivity contribution in [2.24, 2.45) is 5.73 Å². The van der Waals surface area contributed by atoms with Crippen LogP contribution in [0.5, 0.6) is 5.75 Å². The summed E-state index contributed by atoms with van der Waals surface area (Å²) >= 11 is 0. The van der Waals surface area contributed by atoms with Gasteiger partial charge in [0, 0.05) is 30.5 Å². The van der Waals surface area contributed by atoms with E-state index in [4.69, 9.17) is 10.5 Å². The standard InChI is InChI=1S/C18H22N2O6/c1-10(21)11-3-2-4-13(7-11)26-15-9-12(8-14(22)17(15)24)18(25)20-6-5-16(19)23/h2-4,7,9,14-15,17,22,24H,5-6,8H2,1H3,(H2,19,23)(H,20,25)/t14-,15+,17-/m1/s1. The summed E-state index contributed by atoms with van der Waals surface area (Å²) in [6, 6.07) is 6.41. The lowest BCUT2D eigenvalue weighted by molar-refractivity contribution is -0.119. The zero-order valence-corrected chi connectivity index (χ0v) is 14.3. The minimum atomic E-state index is -1.22. The Labute approximate surface area is 150 Å². The van der Waals surface area contributed by atoms with Crippen molar-refractivity contribution in [3.8, 4) is 5.75 Å². The van der Waals surface area contributed by atoms with Crippen LogP contribution in [0.1, 0.15) is 30.1 Å². The van der Waals surface area contributed by atoms with Gasteiger partial charge in [-0.1, -0.05) is 12.1 Å². The highest BCUT2D eigenvalue weighted by molar-refractivity contribution is 5.94. The van der Waals surface area contributed by atoms with E-state index in [0.717, 1.165) is 0 Å². The lowest BCUT2D eigenvalue weighted by Crippen LogP contribution is -2.45. The van der Waals surface area contributed by atoms with Crippen molar-refractivity contribution in [1.29, 1.82) is 0 Å². The first-order valence-corrected chi connectivity index (χ1v) is 8.19. The third kappa shape index (κ3) is 5.14. The molecule has 140 valence electrons. The second-order valence-electron chi connectivity index (χ2n) is 6.09. The topological polar surface area (TPSA) is 139 Å². The van der Waals surface area contributed by atoms with Crippen LogP contribution in [0.15, 0.2) is 35.9 Å². The monoisotopic (exact) mass is 362 g/mol. The number of aliphatic hydroxyl groups is 2. The first kappa shape index (κ1) is 19.6. The zero-order chi connectivity index (χ0) is 19.3. The summed E-state index contributed by atoms with van der Waals surface area (Å²) in [5, 5.41) is 22.7. The number of ketones is 1. The molecule has 2 rings (SSSR count). The van der Waals surface area contributed by atoms with Crippen molar-refractivity contribution in [3.63, 3.8) is 0 Å². The number of benzene rings is 1. The maximum atomic E-state index is 12.1. The van der Waals surface area contributed by atoms with Gasteiger partial charge in [0.1, 0.15) is 18.0 Å². The summed E-state index contributed by atoms with van der Waals surface area (Å²) < 4.78 is 5.66. The second kappa shape index (κ2) is 8.59. The van der Waals surface area contributed by atoms with E-state index < -0.39 is 30.1 Å². The van der Waals surface area contributed by atoms with E-state index in [2.05, 4.69) is 5.32 Å². The molecule has 1 aromatic rings. The van der Waals surface area contributed by atoms with E-state index in [1.54, 1.807) is 18.2 Å². The quantitative estimate of drug-likeness (QED) is 0.490. The highest BCUT2D eigenvalue weighted by Gasteiger charge is 2.34. The van der Waals surface area contributed by atoms with Crippen molar-refractivity contribution in [3.05, 3.63) is 41.5 Å². The Morgan fingerprint density at radius 1 is 1.31 bits per heavy atom. The summed E-state index contributed by atoms with van der Waals surface area (Å²) in [6.07, 6.45) is -1.98. The number of rotatable bonds is 7. The molecule has 0 aromatic heterocycles. The molecule has 0 fully saturated rings. The molecule has 2 amide bonds. The molecule has 0 unspecified atom stereocenters. The van der Waals surface area contributed by atoms with E-state index in [9.17, 15) is 24.6 Å². The third-order valence-corrected chi connectivity index (χ3v) is 3.99. The molecule has 0 radical (unpaired) electrons. The maximum Gasteiger partial charge on any atom is 0.247 e. The molecule has 1 aromatic carbocycles. The number of hydrogen-bond acceptors (Lipinski definition) is 6. The van der Waals surface area contributed by atoms with Crippen molar-refractivity contribution < 1.29 is 29.3 Å². The van der Waals surface area contributed by atoms with Gasteiger partial charge in [0.25, 0.3) is 0 Å². The first-order chi connectivity index (χ1) is 12.3. The van der Waals surface area contributed by atoms with E-state index >= 15 is 0 Å². The van der Waals surface area contributed by atoms with Crippen molar-refractivity contribution >= 4 is 17.6 Å². The fourth-order valence-corrected chi connectivity index (χ4v) is 2.56. The molecule has 0 saturated carbocycles. The van der Waals surface area contributed by atoms with Gasteiger partial charge in [-0.3, -0.25) is 14.4 Å². The zero-order valence-electron chi connectivity index (χ0n) is 14.3. The molecule has 8 heteroatoms. The van der Waals surface area contributed by atoms with Gasteiger partial charge >= 0.3 is 0 Å². The number of primary amides is 1. The van der Waals surface area contributed by atoms with E-state index in [-0.39, 0.29) is 30.7 Å². The Hall–Kier alpha value is -2.71. The number of ether oxygens (including phenoxy) is 1. The molecular weight excluding hydrogens is 340 g/mol. The molecule has 0 aliphatic heterocycles. The van der Waals surface area contributed by atoms with Gasteiger partial charge in [-0.25, -0.2) is 0 Å². The Bertz CT molecular complexity index is 730. The Kier molecular flexibility index (Phi) is 6.48. The smallest absolute Gasteiger partial charge is 0.247 e. The molecule has 3 atom stereocenters. The molecule has 1 aliphatic rings. The molecule has 1 aliphatic carbocycles. The minimum Gasteiger partial charge on any atom is -0.483 e. The maximum absolute atomic E-state index is 12.1. The SMILES string of the molecule is CC(=O)c1cccc(O[C@H]2C=C(C(=O)NCCC(N)=O)C[C@@H](O)[C@H]2O)c1. The minimum absolute atomic E-state index is 0.00195. The Morgan fingerprint density at radius 3 is 2.69 bits per heavy atom. The summed E-state index contributed by atoms with van der Waals surface area (Å²) in [6.45, 7) is 1.50. The predicted molar refractivity (Wildman–Crippen MR) is 92.4 cm³/mol. The van der Waals surface area contributed by atoms with Gasteiger partial charge in [-0.15, -0.1) is 0 Å². The number of carbonyl (C=O) groups is 3. The van der Waals surface area contributed by atoms with Crippen LogP contribution in [-0.4, -0.2) is 52.7 Å². The fourth-order valence-electron chi connectivity index (χ4n) is 2.56. The molecule has 0 saturated heterocycles. The predicted octanol–water partition coefficient (Wildman–Crippen LogP) is -0.320. The van der Waals surface area contributed by atoms with Crippen LogP contribution >= 0.6 is 0 Å². The van der Waals surface area contributed by atoms with E-state index in [0.29, 0.717) is 11.3 Å². The van der Waals surface area contributed by atoms with Gasteiger partial charge in [0.05, 0.1) is 6.10 Å². The number of carbonyl (C=O) groups excluding carboxylic acids is 3. The normalized spacial score (nSPS) is 22.3. The second-order valence-corrected chi connectivity index (χ2v) is 6.09. The Balaban J connectivity index is 2.12. The van der Waals surface area contributed by atoms with Crippen LogP contribution in [0.4, 0.5) is 0 Å². The van der Waals surface area contributed by atoms with Crippen LogP contribution in [0.25, 0.3) is 0 Å². The van der Waals surface area contributed by atoms with Gasteiger partial charge in [0.15, 0.2) is 5.78 Å². The van der Waals surface area contributed by atoms with E-state index in [1.165, 1.54) is 19.1 Å². The van der Waals surface area contributed by atoms with Gasteiger partial charge in [-0.05, 0) is 25.1 Å². The van der Waals surface area contributed by atoms with Gasteiger partial charge < -0.3 is 26.0 Å². The fraction of sp³-hybridized carbons (Fsp3) is 0.389. The average Bonchev–Trinajstić information content (AvgIpc) is 2.58. The number of aliphatic hydroxyl groups excluding tert-OH is 2. The summed E-state index contributed by atoms with van der Waals surface area (Å²) in [5.74, 6) is -0.807. The lowest BCUT2D eigenvalue weighted by Gasteiger charge is -2.30. The van der Waals surface area contributed by atoms with Crippen molar-refractivity contribution in [1.82, 2.24) is 5.32 Å². The van der Waals surface area contributed by atoms with Crippen LogP contribution in [0, 0.1) is 0 Å². The number of amides is 2. The highest BCUT2D eigenvalue weighted by atomic mass is 16.5. The molecule has 0 spiro atoms. The molecule has 5 N–H and O–H groups in total. The Morgan fingerprint density at radius 2 is 2.04 bits per heavy atom. The average molecular weight is 362 g/mol. The van der Waals surface area contributed by atoms with Gasteiger partial charge in [0.2, 0.25) is 11.8 Å². The largest absolute Gasteiger partial charge is 0.483 e. The van der Waals surface area contributed by atoms with E-state index in [1.807, 2.05) is 0 Å². The highest BCUT2D eigenvalue weighted by Crippen LogP contribution is 2.24. The van der Waals surface area contributed by atoms with Crippen molar-refractivity contribution in [2.45, 2.75) is 38.1 Å². The third-order valence-electron chi connectivity index (χ3n) is 3.99. The summed E-state index contributed by atoms with van der Waals surface area (Å²) in [4.78, 5) is 34.3. The molecule has 8 nitrogen and oxygen atoms in total. The van der Waals surface area contributed by atoms with Crippen LogP contribution in [-0.2, 0) is 9.59 Å². The van der Waals surface area contributed by atoms with Crippen LogP contribution in [0.2, 0.25) is 0 Å². The first-order valence-electron chi connectivity index (χ1n) is 8.19.